The van der Waals surface area contributed by atoms with Crippen molar-refractivity contribution in [2.45, 2.75) is 38.5 Å². The van der Waals surface area contributed by atoms with Crippen molar-refractivity contribution >= 4 is 50.9 Å². The normalized spacial score (nSPS) is 14.6. The first-order valence-corrected chi connectivity index (χ1v) is 9.44. The van der Waals surface area contributed by atoms with Gasteiger partial charge in [0, 0.05) is 0 Å². The summed E-state index contributed by atoms with van der Waals surface area (Å²) in [6.07, 6.45) is 0.316. The molecule has 2 atom stereocenters. The van der Waals surface area contributed by atoms with Crippen LogP contribution in [0.2, 0.25) is 15.1 Å². The van der Waals surface area contributed by atoms with Crippen molar-refractivity contribution in [1.29, 1.82) is 0 Å². The van der Waals surface area contributed by atoms with E-state index >= 15 is 0 Å². The van der Waals surface area contributed by atoms with Gasteiger partial charge in [-0.05, 0) is 30.9 Å². The van der Waals surface area contributed by atoms with Crippen molar-refractivity contribution in [3.05, 3.63) is 32.8 Å². The largest absolute Gasteiger partial charge is 0.344 e. The van der Waals surface area contributed by atoms with Crippen molar-refractivity contribution in [2.75, 3.05) is 0 Å². The zero-order valence-electron chi connectivity index (χ0n) is 12.8. The van der Waals surface area contributed by atoms with E-state index in [9.17, 15) is 13.2 Å². The van der Waals surface area contributed by atoms with Crippen LogP contribution in [0.25, 0.3) is 0 Å². The minimum absolute atomic E-state index is 0.00207. The Morgan fingerprint density at radius 2 is 1.74 bits per heavy atom. The van der Waals surface area contributed by atoms with Crippen molar-refractivity contribution < 1.29 is 17.4 Å². The summed E-state index contributed by atoms with van der Waals surface area (Å²) >= 11 is 17.7. The maximum atomic E-state index is 12.2. The lowest BCUT2D eigenvalue weighted by atomic mass is 10.1. The Bertz CT molecular complexity index is 692. The van der Waals surface area contributed by atoms with Crippen LogP contribution in [0.4, 0.5) is 0 Å². The van der Waals surface area contributed by atoms with Crippen molar-refractivity contribution in [1.82, 2.24) is 0 Å². The first-order valence-electron chi connectivity index (χ1n) is 6.83. The Labute approximate surface area is 151 Å². The van der Waals surface area contributed by atoms with Gasteiger partial charge in [0.1, 0.15) is 11.3 Å². The molecular weight excluding hydrogens is 385 g/mol. The molecule has 0 radical (unpaired) electrons. The number of carbonyl (C=O) groups is 1. The van der Waals surface area contributed by atoms with Gasteiger partial charge in [0.05, 0.1) is 15.1 Å². The van der Waals surface area contributed by atoms with Crippen LogP contribution >= 0.6 is 34.8 Å². The number of nitrogens with two attached hydrogens (primary N) is 1. The fourth-order valence-electron chi connectivity index (χ4n) is 1.86. The van der Waals surface area contributed by atoms with Gasteiger partial charge in [-0.1, -0.05) is 54.7 Å². The fraction of sp³-hybridized carbons (Fsp3) is 0.500. The van der Waals surface area contributed by atoms with Crippen LogP contribution in [0, 0.1) is 5.92 Å². The molecule has 0 saturated heterocycles. The average molecular weight is 403 g/mol. The van der Waals surface area contributed by atoms with E-state index in [2.05, 4.69) is 4.18 Å². The molecule has 1 rings (SSSR count). The quantitative estimate of drug-likeness (QED) is 0.575. The van der Waals surface area contributed by atoms with Gasteiger partial charge < -0.3 is 9.92 Å². The second-order valence-electron chi connectivity index (χ2n) is 5.54. The third-order valence-electron chi connectivity index (χ3n) is 3.16. The molecule has 0 heterocycles. The third-order valence-corrected chi connectivity index (χ3v) is 5.99. The van der Waals surface area contributed by atoms with Crippen molar-refractivity contribution in [3.63, 3.8) is 0 Å². The molecule has 0 aromatic heterocycles. The van der Waals surface area contributed by atoms with Crippen molar-refractivity contribution in [3.8, 4) is 0 Å². The summed E-state index contributed by atoms with van der Waals surface area (Å²) in [7, 11) is -4.26. The molecule has 1 aromatic rings. The Morgan fingerprint density at radius 3 is 2.26 bits per heavy atom. The van der Waals surface area contributed by atoms with Gasteiger partial charge in [-0.25, -0.2) is 4.79 Å². The maximum absolute atomic E-state index is 12.2. The monoisotopic (exact) mass is 401 g/mol. The molecule has 9 heteroatoms. The highest BCUT2D eigenvalue weighted by Crippen LogP contribution is 2.38. The molecule has 0 aliphatic carbocycles. The Morgan fingerprint density at radius 1 is 1.17 bits per heavy atom. The van der Waals surface area contributed by atoms with Crippen LogP contribution in [0.15, 0.2) is 12.1 Å². The van der Waals surface area contributed by atoms with E-state index in [0.717, 1.165) is 0 Å². The molecule has 130 valence electrons. The molecule has 5 nitrogen and oxygen atoms in total. The molecule has 0 aliphatic heterocycles. The molecule has 0 aliphatic rings. The molecule has 0 amide bonds. The van der Waals surface area contributed by atoms with Gasteiger partial charge in [-0.2, -0.15) is 8.42 Å². The second kappa shape index (κ2) is 8.03. The molecule has 0 bridgehead atoms. The molecule has 2 N–H and O–H groups in total. The second-order valence-corrected chi connectivity index (χ2v) is 8.56. The van der Waals surface area contributed by atoms with Gasteiger partial charge in [0.15, 0.2) is 0 Å². The number of carbonyl (C=O) groups excluding carboxylic acids is 1. The van der Waals surface area contributed by atoms with Gasteiger partial charge in [0.25, 0.3) is 0 Å². The number of rotatable bonds is 6. The highest BCUT2D eigenvalue weighted by molar-refractivity contribution is 7.87. The number of benzene rings is 1. The van der Waals surface area contributed by atoms with Crippen LogP contribution in [0.5, 0.6) is 0 Å². The summed E-state index contributed by atoms with van der Waals surface area (Å²) in [5.41, 5.74) is 5.82. The van der Waals surface area contributed by atoms with E-state index in [1.165, 1.54) is 19.1 Å². The molecule has 0 saturated carbocycles. The number of halogens is 3. The number of hydrogen-bond acceptors (Lipinski definition) is 5. The van der Waals surface area contributed by atoms with Gasteiger partial charge in [-0.15, -0.1) is 0 Å². The zero-order valence-corrected chi connectivity index (χ0v) is 15.9. The van der Waals surface area contributed by atoms with E-state index in [-0.39, 0.29) is 26.5 Å². The van der Waals surface area contributed by atoms with Gasteiger partial charge >= 0.3 is 16.1 Å². The highest BCUT2D eigenvalue weighted by Gasteiger charge is 2.31. The highest BCUT2D eigenvalue weighted by atomic mass is 35.5. The standard InChI is InChI=1S/C14H18Cl3NO4S/c1-7(2)6-11(18)14(19)22-23(20,21)8(3)9-4-5-10(15)13(17)12(9)16/h4-5,7-8,11H,6,18H2,1-3H3/t8?,11-/m0/s1. The lowest BCUT2D eigenvalue weighted by molar-refractivity contribution is -0.135. The summed E-state index contributed by atoms with van der Waals surface area (Å²) in [4.78, 5) is 11.8. The van der Waals surface area contributed by atoms with Crippen molar-refractivity contribution in [2.24, 2.45) is 11.7 Å². The zero-order chi connectivity index (χ0) is 17.9. The first-order chi connectivity index (χ1) is 10.5. The Balaban J connectivity index is 3.01. The topological polar surface area (TPSA) is 86.5 Å². The average Bonchev–Trinajstić information content (AvgIpc) is 2.43. The van der Waals surface area contributed by atoms with Crippen LogP contribution in [0.1, 0.15) is 38.0 Å². The fourth-order valence-corrected chi connectivity index (χ4v) is 3.64. The molecule has 23 heavy (non-hydrogen) atoms. The molecule has 0 spiro atoms. The Hall–Kier alpha value is -0.530. The minimum atomic E-state index is -4.26. The van der Waals surface area contributed by atoms with E-state index < -0.39 is 27.4 Å². The number of hydrogen-bond donors (Lipinski definition) is 1. The molecular formula is C14H18Cl3NO4S. The summed E-state index contributed by atoms with van der Waals surface area (Å²) in [6.45, 7) is 5.06. The third kappa shape index (κ3) is 5.22. The smallest absolute Gasteiger partial charge is 0.338 e. The summed E-state index contributed by atoms with van der Waals surface area (Å²) < 4.78 is 29.1. The maximum Gasteiger partial charge on any atom is 0.338 e. The van der Waals surface area contributed by atoms with E-state index in [0.29, 0.717) is 6.42 Å². The molecule has 0 fully saturated rings. The molecule has 1 unspecified atom stereocenters. The van der Waals surface area contributed by atoms with Crippen LogP contribution in [0.3, 0.4) is 0 Å². The van der Waals surface area contributed by atoms with Gasteiger partial charge in [-0.3, -0.25) is 0 Å². The lowest BCUT2D eigenvalue weighted by Crippen LogP contribution is -2.35. The minimum Gasteiger partial charge on any atom is -0.344 e. The Kier molecular flexibility index (Phi) is 7.16. The van der Waals surface area contributed by atoms with Crippen LogP contribution < -0.4 is 5.73 Å². The predicted molar refractivity (Wildman–Crippen MR) is 92.3 cm³/mol. The summed E-state index contributed by atoms with van der Waals surface area (Å²) in [5.74, 6) is -0.871. The van der Waals surface area contributed by atoms with Gasteiger partial charge in [0.2, 0.25) is 0 Å². The lowest BCUT2D eigenvalue weighted by Gasteiger charge is -2.18. The predicted octanol–water partition coefficient (Wildman–Crippen LogP) is 3.95. The summed E-state index contributed by atoms with van der Waals surface area (Å²) in [5, 5.41) is -0.977. The van der Waals surface area contributed by atoms with Crippen LogP contribution in [-0.4, -0.2) is 20.4 Å². The SMILES string of the molecule is CC(C)C[C@H](N)C(=O)OS(=O)(=O)C(C)c1ccc(Cl)c(Cl)c1Cl. The molecule has 1 aromatic carbocycles. The first kappa shape index (κ1) is 20.5. The van der Waals surface area contributed by atoms with E-state index in [1.807, 2.05) is 13.8 Å². The summed E-state index contributed by atoms with van der Waals surface area (Å²) in [6, 6.07) is 1.82. The van der Waals surface area contributed by atoms with E-state index in [4.69, 9.17) is 40.5 Å². The van der Waals surface area contributed by atoms with Crippen LogP contribution in [-0.2, 0) is 19.1 Å². The van der Waals surface area contributed by atoms with E-state index in [1.54, 1.807) is 0 Å².